The Morgan fingerprint density at radius 2 is 2.10 bits per heavy atom. The molecule has 0 radical (unpaired) electrons. The zero-order valence-corrected chi connectivity index (χ0v) is 17.0. The van der Waals surface area contributed by atoms with Gasteiger partial charge in [-0.3, -0.25) is 9.36 Å². The Morgan fingerprint density at radius 1 is 1.23 bits per heavy atom. The summed E-state index contributed by atoms with van der Waals surface area (Å²) in [4.78, 5) is 27.3. The van der Waals surface area contributed by atoms with Crippen LogP contribution in [0.2, 0.25) is 0 Å². The van der Waals surface area contributed by atoms with Crippen LogP contribution in [0, 0.1) is 6.92 Å². The minimum absolute atomic E-state index is 0.0130. The summed E-state index contributed by atoms with van der Waals surface area (Å²) >= 11 is 0. The number of hydrogen-bond acceptors (Lipinski definition) is 7. The fourth-order valence-corrected chi connectivity index (χ4v) is 3.16. The number of aryl methyl sites for hydroxylation is 1. The number of aromatic nitrogens is 4. The van der Waals surface area contributed by atoms with Gasteiger partial charge in [-0.1, -0.05) is 6.07 Å². The van der Waals surface area contributed by atoms with Gasteiger partial charge in [-0.25, -0.2) is 9.97 Å². The van der Waals surface area contributed by atoms with E-state index in [1.807, 2.05) is 49.3 Å². The molecule has 0 fully saturated rings. The van der Waals surface area contributed by atoms with Crippen molar-refractivity contribution in [3.05, 3.63) is 54.2 Å². The highest BCUT2D eigenvalue weighted by atomic mass is 16.7. The lowest BCUT2D eigenvalue weighted by Gasteiger charge is -2.19. The van der Waals surface area contributed by atoms with Crippen LogP contribution in [0.1, 0.15) is 24.1 Å². The van der Waals surface area contributed by atoms with Gasteiger partial charge in [0.2, 0.25) is 18.6 Å². The van der Waals surface area contributed by atoms with E-state index in [9.17, 15) is 4.79 Å². The lowest BCUT2D eigenvalue weighted by molar-refractivity contribution is -0.121. The molecule has 9 nitrogen and oxygen atoms in total. The van der Waals surface area contributed by atoms with Gasteiger partial charge in [-0.05, 0) is 31.0 Å². The number of rotatable bonds is 8. The normalized spacial score (nSPS) is 12.1. The quantitative estimate of drug-likeness (QED) is 0.611. The van der Waals surface area contributed by atoms with Crippen molar-refractivity contribution in [3.63, 3.8) is 0 Å². The first-order valence-electron chi connectivity index (χ1n) is 9.79. The van der Waals surface area contributed by atoms with Crippen molar-refractivity contribution < 1.29 is 14.3 Å². The fraction of sp³-hybridized carbons (Fsp3) is 0.333. The third-order valence-corrected chi connectivity index (χ3v) is 4.78. The molecule has 4 rings (SSSR count). The van der Waals surface area contributed by atoms with Crippen LogP contribution in [-0.4, -0.2) is 45.8 Å². The van der Waals surface area contributed by atoms with Gasteiger partial charge in [-0.15, -0.1) is 0 Å². The first-order valence-corrected chi connectivity index (χ1v) is 9.79. The third kappa shape index (κ3) is 4.68. The standard InChI is InChI=1S/C21H24N6O3/c1-15-10-19(25-21(24-15)27-9-7-22-13-27)26(2)8-3-4-20(28)23-12-16-5-6-17-18(11-16)30-14-29-17/h5-7,9-11,13H,3-4,8,12,14H2,1-2H3,(H,23,28). The second-order valence-corrected chi connectivity index (χ2v) is 7.13. The van der Waals surface area contributed by atoms with Crippen molar-refractivity contribution in [1.82, 2.24) is 24.8 Å². The minimum Gasteiger partial charge on any atom is -0.454 e. The first-order chi connectivity index (χ1) is 14.6. The molecular formula is C21H24N6O3. The zero-order valence-electron chi connectivity index (χ0n) is 17.0. The fourth-order valence-electron chi connectivity index (χ4n) is 3.16. The topological polar surface area (TPSA) is 94.4 Å². The van der Waals surface area contributed by atoms with E-state index in [4.69, 9.17) is 9.47 Å². The van der Waals surface area contributed by atoms with Gasteiger partial charge in [0.05, 0.1) is 0 Å². The predicted molar refractivity (Wildman–Crippen MR) is 111 cm³/mol. The molecule has 156 valence electrons. The van der Waals surface area contributed by atoms with Crippen molar-refractivity contribution in [2.24, 2.45) is 0 Å². The van der Waals surface area contributed by atoms with E-state index in [1.54, 1.807) is 17.1 Å². The Hall–Kier alpha value is -3.62. The Bertz CT molecular complexity index is 1020. The number of anilines is 1. The number of carbonyl (C=O) groups is 1. The number of amides is 1. The van der Waals surface area contributed by atoms with E-state index in [0.29, 0.717) is 31.9 Å². The lowest BCUT2D eigenvalue weighted by atomic mass is 10.2. The summed E-state index contributed by atoms with van der Waals surface area (Å²) in [6.07, 6.45) is 6.32. The van der Waals surface area contributed by atoms with Crippen LogP contribution in [0.5, 0.6) is 11.5 Å². The molecule has 2 aromatic heterocycles. The van der Waals surface area contributed by atoms with E-state index in [2.05, 4.69) is 20.3 Å². The second kappa shape index (κ2) is 8.81. The number of imidazole rings is 1. The summed E-state index contributed by atoms with van der Waals surface area (Å²) in [7, 11) is 1.96. The molecule has 1 aliphatic rings. The smallest absolute Gasteiger partial charge is 0.237 e. The number of hydrogen-bond donors (Lipinski definition) is 1. The second-order valence-electron chi connectivity index (χ2n) is 7.13. The largest absolute Gasteiger partial charge is 0.454 e. The summed E-state index contributed by atoms with van der Waals surface area (Å²) in [5.41, 5.74) is 1.85. The van der Waals surface area contributed by atoms with Crippen LogP contribution in [0.15, 0.2) is 43.0 Å². The number of nitrogens with one attached hydrogen (secondary N) is 1. The molecule has 0 saturated carbocycles. The van der Waals surface area contributed by atoms with Gasteiger partial charge in [0.15, 0.2) is 11.5 Å². The van der Waals surface area contributed by atoms with Crippen LogP contribution in [0.4, 0.5) is 5.82 Å². The molecule has 1 amide bonds. The molecule has 30 heavy (non-hydrogen) atoms. The molecule has 9 heteroatoms. The van der Waals surface area contributed by atoms with E-state index < -0.39 is 0 Å². The van der Waals surface area contributed by atoms with Crippen LogP contribution < -0.4 is 19.7 Å². The SMILES string of the molecule is Cc1cc(N(C)CCCC(=O)NCc2ccc3c(c2)OCO3)nc(-n2ccnc2)n1. The Labute approximate surface area is 174 Å². The number of benzene rings is 1. The summed E-state index contributed by atoms with van der Waals surface area (Å²) in [6.45, 7) is 3.35. The minimum atomic E-state index is 0.0130. The predicted octanol–water partition coefficient (Wildman–Crippen LogP) is 2.23. The average molecular weight is 408 g/mol. The summed E-state index contributed by atoms with van der Waals surface area (Å²) in [5.74, 6) is 2.87. The number of carbonyl (C=O) groups excluding carboxylic acids is 1. The monoisotopic (exact) mass is 408 g/mol. The third-order valence-electron chi connectivity index (χ3n) is 4.78. The molecule has 0 spiro atoms. The van der Waals surface area contributed by atoms with Crippen molar-refractivity contribution >= 4 is 11.7 Å². The maximum absolute atomic E-state index is 12.2. The van der Waals surface area contributed by atoms with Gasteiger partial charge in [0.25, 0.3) is 0 Å². The molecule has 0 unspecified atom stereocenters. The Balaban J connectivity index is 1.25. The molecule has 3 aromatic rings. The van der Waals surface area contributed by atoms with Crippen molar-refractivity contribution in [1.29, 1.82) is 0 Å². The lowest BCUT2D eigenvalue weighted by Crippen LogP contribution is -2.25. The highest BCUT2D eigenvalue weighted by molar-refractivity contribution is 5.75. The van der Waals surface area contributed by atoms with Gasteiger partial charge in [0, 0.05) is 50.7 Å². The molecule has 0 saturated heterocycles. The van der Waals surface area contributed by atoms with Crippen molar-refractivity contribution in [2.45, 2.75) is 26.3 Å². The maximum Gasteiger partial charge on any atom is 0.237 e. The van der Waals surface area contributed by atoms with E-state index in [1.165, 1.54) is 0 Å². The van der Waals surface area contributed by atoms with Crippen molar-refractivity contribution in [2.75, 3.05) is 25.3 Å². The first kappa shape index (κ1) is 19.7. The van der Waals surface area contributed by atoms with Gasteiger partial charge in [-0.2, -0.15) is 4.98 Å². The van der Waals surface area contributed by atoms with Gasteiger partial charge >= 0.3 is 0 Å². The zero-order chi connectivity index (χ0) is 20.9. The number of fused-ring (bicyclic) bond motifs is 1. The van der Waals surface area contributed by atoms with Crippen LogP contribution in [-0.2, 0) is 11.3 Å². The van der Waals surface area contributed by atoms with Crippen LogP contribution in [0.3, 0.4) is 0 Å². The number of nitrogens with zero attached hydrogens (tertiary/aromatic N) is 5. The Kier molecular flexibility index (Phi) is 5.78. The molecule has 1 aliphatic heterocycles. The molecule has 1 aromatic carbocycles. The number of ether oxygens (including phenoxy) is 2. The van der Waals surface area contributed by atoms with Crippen molar-refractivity contribution in [3.8, 4) is 17.4 Å². The van der Waals surface area contributed by atoms with Gasteiger partial charge in [0.1, 0.15) is 12.1 Å². The van der Waals surface area contributed by atoms with Gasteiger partial charge < -0.3 is 19.7 Å². The summed E-state index contributed by atoms with van der Waals surface area (Å²) in [5, 5.41) is 2.95. The highest BCUT2D eigenvalue weighted by Gasteiger charge is 2.14. The summed E-state index contributed by atoms with van der Waals surface area (Å²) in [6, 6.07) is 7.61. The van der Waals surface area contributed by atoms with Crippen LogP contribution >= 0.6 is 0 Å². The molecule has 3 heterocycles. The van der Waals surface area contributed by atoms with E-state index in [0.717, 1.165) is 28.6 Å². The van der Waals surface area contributed by atoms with E-state index >= 15 is 0 Å². The molecule has 1 N–H and O–H groups in total. The Morgan fingerprint density at radius 3 is 2.93 bits per heavy atom. The maximum atomic E-state index is 12.2. The van der Waals surface area contributed by atoms with Crippen LogP contribution in [0.25, 0.3) is 5.95 Å². The highest BCUT2D eigenvalue weighted by Crippen LogP contribution is 2.32. The molecule has 0 bridgehead atoms. The average Bonchev–Trinajstić information content (AvgIpc) is 3.43. The molecule has 0 atom stereocenters. The molecule has 0 aliphatic carbocycles. The summed E-state index contributed by atoms with van der Waals surface area (Å²) < 4.78 is 12.4. The van der Waals surface area contributed by atoms with E-state index in [-0.39, 0.29) is 12.7 Å². The molecular weight excluding hydrogens is 384 g/mol.